The Morgan fingerprint density at radius 2 is 1.77 bits per heavy atom. The number of nitrogens with one attached hydrogen (secondary N) is 2. The number of rotatable bonds is 7. The number of anilines is 1. The van der Waals surface area contributed by atoms with Crippen molar-refractivity contribution >= 4 is 39.6 Å². The largest absolute Gasteiger partial charge is 0.484 e. The molecule has 0 saturated heterocycles. The first kappa shape index (κ1) is 21.2. The Morgan fingerprint density at radius 3 is 2.50 bits per heavy atom. The molecule has 2 N–H and O–H groups in total. The first-order chi connectivity index (χ1) is 14.5. The number of benzene rings is 3. The predicted octanol–water partition coefficient (Wildman–Crippen LogP) is 4.37. The van der Waals surface area contributed by atoms with Crippen LogP contribution in [-0.4, -0.2) is 24.6 Å². The Hall–Kier alpha value is -3.52. The average Bonchev–Trinajstić information content (AvgIpc) is 2.75. The molecular formula is C22H17BrFN3O3. The molecule has 0 unspecified atom stereocenters. The van der Waals surface area contributed by atoms with Crippen LogP contribution in [0.1, 0.15) is 15.9 Å². The molecule has 3 rings (SSSR count). The van der Waals surface area contributed by atoms with Gasteiger partial charge in [-0.05, 0) is 66.2 Å². The third-order valence-electron chi connectivity index (χ3n) is 3.84. The minimum Gasteiger partial charge on any atom is -0.484 e. The first-order valence-corrected chi connectivity index (χ1v) is 9.66. The molecule has 2 amide bonds. The minimum absolute atomic E-state index is 0.210. The molecule has 3 aromatic rings. The van der Waals surface area contributed by atoms with Gasteiger partial charge in [-0.2, -0.15) is 5.10 Å². The summed E-state index contributed by atoms with van der Waals surface area (Å²) in [6.07, 6.45) is 1.47. The van der Waals surface area contributed by atoms with Crippen LogP contribution in [0, 0.1) is 5.82 Å². The number of hydrazone groups is 1. The van der Waals surface area contributed by atoms with Crippen molar-refractivity contribution in [3.05, 3.63) is 94.2 Å². The highest BCUT2D eigenvalue weighted by molar-refractivity contribution is 9.10. The maximum Gasteiger partial charge on any atom is 0.271 e. The molecule has 0 heterocycles. The Balaban J connectivity index is 1.50. The van der Waals surface area contributed by atoms with Crippen molar-refractivity contribution in [3.63, 3.8) is 0 Å². The molecule has 6 nitrogen and oxygen atoms in total. The fourth-order valence-electron chi connectivity index (χ4n) is 2.40. The van der Waals surface area contributed by atoms with Gasteiger partial charge in [-0.1, -0.05) is 28.1 Å². The van der Waals surface area contributed by atoms with Crippen LogP contribution in [0.5, 0.6) is 5.75 Å². The predicted molar refractivity (Wildman–Crippen MR) is 116 cm³/mol. The zero-order valence-electron chi connectivity index (χ0n) is 15.6. The summed E-state index contributed by atoms with van der Waals surface area (Å²) in [7, 11) is 0. The molecule has 152 valence electrons. The van der Waals surface area contributed by atoms with Crippen LogP contribution < -0.4 is 15.5 Å². The van der Waals surface area contributed by atoms with E-state index in [2.05, 4.69) is 31.8 Å². The number of carbonyl (C=O) groups is 2. The zero-order chi connectivity index (χ0) is 21.3. The lowest BCUT2D eigenvalue weighted by Crippen LogP contribution is -2.20. The molecule has 0 atom stereocenters. The molecule has 0 aliphatic carbocycles. The number of hydrogen-bond acceptors (Lipinski definition) is 4. The van der Waals surface area contributed by atoms with Crippen LogP contribution in [0.3, 0.4) is 0 Å². The number of ether oxygens (including phenoxy) is 1. The Kier molecular flexibility index (Phi) is 7.29. The first-order valence-electron chi connectivity index (χ1n) is 8.87. The van der Waals surface area contributed by atoms with E-state index in [1.54, 1.807) is 48.5 Å². The van der Waals surface area contributed by atoms with Crippen molar-refractivity contribution in [1.29, 1.82) is 0 Å². The molecule has 8 heteroatoms. The summed E-state index contributed by atoms with van der Waals surface area (Å²) in [5.41, 5.74) is 4.10. The topological polar surface area (TPSA) is 79.8 Å². The maximum absolute atomic E-state index is 12.9. The molecule has 0 fully saturated rings. The quantitative estimate of drug-likeness (QED) is 0.398. The van der Waals surface area contributed by atoms with Gasteiger partial charge in [-0.3, -0.25) is 9.59 Å². The second-order valence-electron chi connectivity index (χ2n) is 6.12. The lowest BCUT2D eigenvalue weighted by molar-refractivity contribution is -0.118. The van der Waals surface area contributed by atoms with Crippen LogP contribution in [-0.2, 0) is 4.79 Å². The molecule has 0 saturated carbocycles. The van der Waals surface area contributed by atoms with E-state index in [1.165, 1.54) is 30.5 Å². The van der Waals surface area contributed by atoms with E-state index in [0.29, 0.717) is 22.6 Å². The summed E-state index contributed by atoms with van der Waals surface area (Å²) < 4.78 is 19.2. The number of halogens is 2. The van der Waals surface area contributed by atoms with Gasteiger partial charge in [-0.15, -0.1) is 0 Å². The Bertz CT molecular complexity index is 1050. The summed E-state index contributed by atoms with van der Waals surface area (Å²) in [6, 6.07) is 19.2. The van der Waals surface area contributed by atoms with E-state index in [9.17, 15) is 14.0 Å². The van der Waals surface area contributed by atoms with Crippen LogP contribution in [0.4, 0.5) is 10.1 Å². The Labute approximate surface area is 180 Å². The van der Waals surface area contributed by atoms with Crippen molar-refractivity contribution in [3.8, 4) is 5.75 Å². The van der Waals surface area contributed by atoms with Gasteiger partial charge in [0.2, 0.25) is 0 Å². The number of hydrogen-bond donors (Lipinski definition) is 2. The molecule has 0 spiro atoms. The summed E-state index contributed by atoms with van der Waals surface area (Å²) >= 11 is 3.31. The summed E-state index contributed by atoms with van der Waals surface area (Å²) in [5.74, 6) is -0.616. The molecule has 0 aliphatic heterocycles. The molecule has 0 aliphatic rings. The van der Waals surface area contributed by atoms with Gasteiger partial charge in [0.25, 0.3) is 11.8 Å². The third-order valence-corrected chi connectivity index (χ3v) is 4.37. The average molecular weight is 470 g/mol. The van der Waals surface area contributed by atoms with Crippen LogP contribution in [0.15, 0.2) is 82.4 Å². The fourth-order valence-corrected chi connectivity index (χ4v) is 2.66. The monoisotopic (exact) mass is 469 g/mol. The van der Waals surface area contributed by atoms with Crippen molar-refractivity contribution < 1.29 is 18.7 Å². The van der Waals surface area contributed by atoms with E-state index in [0.717, 1.165) is 4.47 Å². The van der Waals surface area contributed by atoms with Gasteiger partial charge in [0.15, 0.2) is 6.61 Å². The lowest BCUT2D eigenvalue weighted by atomic mass is 10.2. The normalized spacial score (nSPS) is 10.6. The highest BCUT2D eigenvalue weighted by Gasteiger charge is 2.05. The van der Waals surface area contributed by atoms with Crippen LogP contribution in [0.25, 0.3) is 0 Å². The van der Waals surface area contributed by atoms with E-state index in [4.69, 9.17) is 4.74 Å². The number of amides is 2. The van der Waals surface area contributed by atoms with E-state index in [-0.39, 0.29) is 24.2 Å². The second kappa shape index (κ2) is 10.3. The molecule has 0 bridgehead atoms. The lowest BCUT2D eigenvalue weighted by Gasteiger charge is -2.08. The number of carbonyl (C=O) groups excluding carboxylic acids is 2. The van der Waals surface area contributed by atoms with Crippen molar-refractivity contribution in [2.75, 3.05) is 11.9 Å². The van der Waals surface area contributed by atoms with Gasteiger partial charge in [0.05, 0.1) is 6.21 Å². The summed E-state index contributed by atoms with van der Waals surface area (Å²) in [5, 5.41) is 6.55. The highest BCUT2D eigenvalue weighted by atomic mass is 79.9. The van der Waals surface area contributed by atoms with Crippen molar-refractivity contribution in [2.45, 2.75) is 0 Å². The summed E-state index contributed by atoms with van der Waals surface area (Å²) in [6.45, 7) is -0.210. The van der Waals surface area contributed by atoms with Gasteiger partial charge in [0.1, 0.15) is 11.6 Å². The maximum atomic E-state index is 12.9. The Morgan fingerprint density at radius 1 is 1.03 bits per heavy atom. The van der Waals surface area contributed by atoms with Gasteiger partial charge >= 0.3 is 0 Å². The highest BCUT2D eigenvalue weighted by Crippen LogP contribution is 2.13. The zero-order valence-corrected chi connectivity index (χ0v) is 17.2. The molecule has 30 heavy (non-hydrogen) atoms. The van der Waals surface area contributed by atoms with Crippen LogP contribution in [0.2, 0.25) is 0 Å². The smallest absolute Gasteiger partial charge is 0.271 e. The molecular weight excluding hydrogens is 453 g/mol. The second-order valence-corrected chi connectivity index (χ2v) is 7.04. The molecule has 0 aromatic heterocycles. The van der Waals surface area contributed by atoms with E-state index >= 15 is 0 Å². The molecule has 3 aromatic carbocycles. The van der Waals surface area contributed by atoms with Crippen LogP contribution >= 0.6 is 15.9 Å². The van der Waals surface area contributed by atoms with E-state index in [1.807, 2.05) is 0 Å². The standard InChI is InChI=1S/C22H17BrFN3O3/c23-17-6-4-16(5-7-17)22(29)27-25-13-15-2-1-3-20(12-15)30-14-21(28)26-19-10-8-18(24)9-11-19/h1-13H,14H2,(H,26,28)(H,27,29). The SMILES string of the molecule is O=C(COc1cccc(C=NNC(=O)c2ccc(Br)cc2)c1)Nc1ccc(F)cc1. The van der Waals surface area contributed by atoms with Crippen molar-refractivity contribution in [2.24, 2.45) is 5.10 Å². The van der Waals surface area contributed by atoms with E-state index < -0.39 is 0 Å². The van der Waals surface area contributed by atoms with Gasteiger partial charge in [0, 0.05) is 15.7 Å². The van der Waals surface area contributed by atoms with Crippen molar-refractivity contribution in [1.82, 2.24) is 5.43 Å². The number of nitrogens with zero attached hydrogens (tertiary/aromatic N) is 1. The molecule has 0 radical (unpaired) electrons. The van der Waals surface area contributed by atoms with Gasteiger partial charge < -0.3 is 10.1 Å². The third kappa shape index (κ3) is 6.52. The fraction of sp³-hybridized carbons (Fsp3) is 0.0455. The summed E-state index contributed by atoms with van der Waals surface area (Å²) in [4.78, 5) is 24.0. The van der Waals surface area contributed by atoms with Gasteiger partial charge in [-0.25, -0.2) is 9.82 Å². The minimum atomic E-state index is -0.379.